The van der Waals surface area contributed by atoms with Gasteiger partial charge < -0.3 is 9.47 Å². The van der Waals surface area contributed by atoms with E-state index in [2.05, 4.69) is 9.97 Å². The van der Waals surface area contributed by atoms with E-state index in [9.17, 15) is 22.8 Å². The monoisotopic (exact) mass is 698 g/mol. The number of pyridine rings is 3. The summed E-state index contributed by atoms with van der Waals surface area (Å²) < 4.78 is 69.0. The minimum absolute atomic E-state index is 0.0645. The Morgan fingerprint density at radius 1 is 0.960 bits per heavy atom. The predicted molar refractivity (Wildman–Crippen MR) is 179 cm³/mol. The van der Waals surface area contributed by atoms with Crippen molar-refractivity contribution in [2.24, 2.45) is 0 Å². The number of alkyl halides is 2. The minimum Gasteiger partial charge on any atom is -0.492 e. The number of Topliss-reactive ketones (excluding diaryl/α,β-unsaturated/α-hetero) is 1. The number of nitrogens with zero attached hydrogens (tertiary/aromatic N) is 4. The highest BCUT2D eigenvalue weighted by atomic mass is 32.1. The number of carbonyl (C=O) groups is 1. The van der Waals surface area contributed by atoms with Crippen LogP contribution in [0.2, 0.25) is 0 Å². The predicted octanol–water partition coefficient (Wildman–Crippen LogP) is 7.39. The Kier molecular flexibility index (Phi) is 7.95. The number of ketones is 1. The Labute approximate surface area is 286 Å². The van der Waals surface area contributed by atoms with Crippen LogP contribution in [0.5, 0.6) is 17.2 Å². The molecule has 0 aliphatic carbocycles. The summed E-state index contributed by atoms with van der Waals surface area (Å²) in [6.45, 7) is 0.194. The zero-order valence-corrected chi connectivity index (χ0v) is 27.0. The fraction of sp³-hybridized carbons (Fsp3) is 0.189. The maximum Gasteiger partial charge on any atom is 0.272 e. The molecule has 6 heterocycles. The number of thiophene rings is 1. The van der Waals surface area contributed by atoms with Gasteiger partial charge in [0.2, 0.25) is 0 Å². The number of hydrogen-bond donors (Lipinski definition) is 0. The Bertz CT molecular complexity index is 2330. The average Bonchev–Trinajstić information content (AvgIpc) is 3.73. The molecule has 0 amide bonds. The Balaban J connectivity index is 1.00. The standard InChI is InChI=1S/C37H26F4N4O4S/c38-24-3-5-25(6-4-24)45-18-23-10-12-48-34(23)33(36(45)47)29(46)14-21-2-8-30(26(39)13-21)49-31-9-11-42-28-15-32(50-35(28)31)27-7-1-22(16-43-27)17-44-19-37(40,41)20-44/h1-9,11,13,15-16,18H,10,12,14,17,19-20H2. The normalized spacial score (nSPS) is 15.0. The summed E-state index contributed by atoms with van der Waals surface area (Å²) in [5.41, 5.74) is 2.80. The Hall–Kier alpha value is -5.40. The fourth-order valence-electron chi connectivity index (χ4n) is 6.19. The van der Waals surface area contributed by atoms with Crippen LogP contribution < -0.4 is 15.0 Å². The van der Waals surface area contributed by atoms with Crippen LogP contribution in [-0.2, 0) is 19.4 Å². The van der Waals surface area contributed by atoms with Gasteiger partial charge in [-0.1, -0.05) is 12.1 Å². The number of carbonyl (C=O) groups excluding carboxylic acids is 1. The van der Waals surface area contributed by atoms with Gasteiger partial charge in [-0.3, -0.25) is 29.0 Å². The highest BCUT2D eigenvalue weighted by molar-refractivity contribution is 7.22. The van der Waals surface area contributed by atoms with Crippen molar-refractivity contribution < 1.29 is 31.8 Å². The van der Waals surface area contributed by atoms with Crippen molar-refractivity contribution in [1.29, 1.82) is 0 Å². The van der Waals surface area contributed by atoms with Crippen molar-refractivity contribution in [1.82, 2.24) is 19.4 Å². The van der Waals surface area contributed by atoms with E-state index in [0.29, 0.717) is 58.0 Å². The smallest absolute Gasteiger partial charge is 0.272 e. The Morgan fingerprint density at radius 3 is 2.50 bits per heavy atom. The first-order valence-corrected chi connectivity index (χ1v) is 16.5. The van der Waals surface area contributed by atoms with E-state index >= 15 is 4.39 Å². The lowest BCUT2D eigenvalue weighted by atomic mass is 10.0. The van der Waals surface area contributed by atoms with E-state index in [-0.39, 0.29) is 36.6 Å². The zero-order valence-electron chi connectivity index (χ0n) is 26.2. The molecule has 2 aliphatic rings. The first-order valence-electron chi connectivity index (χ1n) is 15.7. The van der Waals surface area contributed by atoms with Crippen LogP contribution in [0.25, 0.3) is 26.5 Å². The van der Waals surface area contributed by atoms with Crippen LogP contribution in [0.3, 0.4) is 0 Å². The maximum absolute atomic E-state index is 15.5. The second-order valence-corrected chi connectivity index (χ2v) is 13.3. The van der Waals surface area contributed by atoms with Crippen molar-refractivity contribution in [2.45, 2.75) is 25.3 Å². The first-order chi connectivity index (χ1) is 24.1. The third-order valence-electron chi connectivity index (χ3n) is 8.59. The molecule has 2 aliphatic heterocycles. The molecule has 8 nitrogen and oxygen atoms in total. The SMILES string of the molecule is O=C(Cc1ccc(Oc2ccnc3cc(-c4ccc(CN5CC(F)(F)C5)cn4)sc23)c(F)c1)c1c2c(cn(-c3ccc(F)cc3)c1=O)CCO2. The third kappa shape index (κ3) is 6.14. The molecule has 2 aromatic carbocycles. The maximum atomic E-state index is 15.5. The first kappa shape index (κ1) is 31.8. The van der Waals surface area contributed by atoms with Gasteiger partial charge in [-0.15, -0.1) is 11.3 Å². The molecule has 0 spiro atoms. The molecule has 252 valence electrons. The summed E-state index contributed by atoms with van der Waals surface area (Å²) in [6, 6.07) is 16.7. The van der Waals surface area contributed by atoms with Gasteiger partial charge in [-0.2, -0.15) is 0 Å². The number of aromatic nitrogens is 3. The van der Waals surface area contributed by atoms with Crippen LogP contribution in [0.15, 0.2) is 90.1 Å². The molecule has 6 aromatic rings. The van der Waals surface area contributed by atoms with Crippen LogP contribution in [0.1, 0.15) is 27.0 Å². The highest BCUT2D eigenvalue weighted by Gasteiger charge is 2.43. The van der Waals surface area contributed by atoms with Gasteiger partial charge in [-0.25, -0.2) is 17.6 Å². The second-order valence-electron chi connectivity index (χ2n) is 12.3. The van der Waals surface area contributed by atoms with E-state index in [1.54, 1.807) is 35.6 Å². The van der Waals surface area contributed by atoms with Crippen molar-refractivity contribution in [3.8, 4) is 33.5 Å². The topological polar surface area (TPSA) is 86.5 Å². The molecule has 13 heteroatoms. The summed E-state index contributed by atoms with van der Waals surface area (Å²) in [6.07, 6.45) is 5.06. The quantitative estimate of drug-likeness (QED) is 0.115. The van der Waals surface area contributed by atoms with E-state index in [4.69, 9.17) is 9.47 Å². The molecule has 0 bridgehead atoms. The van der Waals surface area contributed by atoms with Crippen molar-refractivity contribution in [2.75, 3.05) is 19.7 Å². The van der Waals surface area contributed by atoms with E-state index in [0.717, 1.165) is 10.4 Å². The summed E-state index contributed by atoms with van der Waals surface area (Å²) in [4.78, 5) is 38.4. The number of hydrogen-bond acceptors (Lipinski definition) is 8. The molecule has 0 radical (unpaired) electrons. The zero-order chi connectivity index (χ0) is 34.6. The number of benzene rings is 2. The molecular formula is C37H26F4N4O4S. The molecule has 50 heavy (non-hydrogen) atoms. The molecular weight excluding hydrogens is 672 g/mol. The average molecular weight is 699 g/mol. The molecule has 4 aromatic heterocycles. The van der Waals surface area contributed by atoms with E-state index < -0.39 is 28.9 Å². The number of fused-ring (bicyclic) bond motifs is 2. The summed E-state index contributed by atoms with van der Waals surface area (Å²) in [5.74, 6) is -3.78. The van der Waals surface area contributed by atoms with Crippen molar-refractivity contribution >= 4 is 27.3 Å². The fourth-order valence-corrected chi connectivity index (χ4v) is 7.23. The molecule has 0 unspecified atom stereocenters. The minimum atomic E-state index is -2.62. The lowest BCUT2D eigenvalue weighted by Crippen LogP contribution is -2.55. The second kappa shape index (κ2) is 12.5. The summed E-state index contributed by atoms with van der Waals surface area (Å²) >= 11 is 1.37. The molecule has 0 atom stereocenters. The largest absolute Gasteiger partial charge is 0.492 e. The molecule has 1 fully saturated rings. The van der Waals surface area contributed by atoms with E-state index in [1.807, 2.05) is 18.2 Å². The van der Waals surface area contributed by atoms with Crippen molar-refractivity contribution in [3.05, 3.63) is 130 Å². The van der Waals surface area contributed by atoms with Crippen LogP contribution in [-0.4, -0.2) is 50.8 Å². The summed E-state index contributed by atoms with van der Waals surface area (Å²) in [7, 11) is 0. The van der Waals surface area contributed by atoms with Gasteiger partial charge >= 0.3 is 0 Å². The van der Waals surface area contributed by atoms with Gasteiger partial charge in [0.25, 0.3) is 11.5 Å². The molecule has 8 rings (SSSR count). The molecule has 0 saturated carbocycles. The van der Waals surface area contributed by atoms with Crippen LogP contribution in [0.4, 0.5) is 17.6 Å². The van der Waals surface area contributed by atoms with Gasteiger partial charge in [0.05, 0.1) is 40.5 Å². The lowest BCUT2D eigenvalue weighted by molar-refractivity contribution is -0.133. The van der Waals surface area contributed by atoms with Gasteiger partial charge in [-0.05, 0) is 59.7 Å². The number of halogens is 4. The number of rotatable bonds is 9. The lowest BCUT2D eigenvalue weighted by Gasteiger charge is -2.38. The molecule has 1 saturated heterocycles. The van der Waals surface area contributed by atoms with Gasteiger partial charge in [0, 0.05) is 55.3 Å². The number of likely N-dealkylation sites (tertiary alicyclic amines) is 1. The van der Waals surface area contributed by atoms with E-state index in [1.165, 1.54) is 52.3 Å². The van der Waals surface area contributed by atoms with Gasteiger partial charge in [0.1, 0.15) is 22.9 Å². The number of ether oxygens (including phenoxy) is 2. The van der Waals surface area contributed by atoms with Crippen molar-refractivity contribution in [3.63, 3.8) is 0 Å². The highest BCUT2D eigenvalue weighted by Crippen LogP contribution is 2.39. The molecule has 0 N–H and O–H groups in total. The Morgan fingerprint density at radius 2 is 1.76 bits per heavy atom. The van der Waals surface area contributed by atoms with Gasteiger partial charge in [0.15, 0.2) is 17.3 Å². The van der Waals surface area contributed by atoms with Crippen LogP contribution >= 0.6 is 11.3 Å². The third-order valence-corrected chi connectivity index (χ3v) is 9.75. The summed E-state index contributed by atoms with van der Waals surface area (Å²) in [5, 5.41) is 0. The van der Waals surface area contributed by atoms with Crippen LogP contribution in [0, 0.1) is 11.6 Å².